The molecule has 2 aromatic carbocycles. The summed E-state index contributed by atoms with van der Waals surface area (Å²) in [6.45, 7) is 0. The second-order valence-corrected chi connectivity index (χ2v) is 10.2. The molecule has 0 saturated heterocycles. The van der Waals surface area contributed by atoms with E-state index in [2.05, 4.69) is 30.6 Å². The van der Waals surface area contributed by atoms with Gasteiger partial charge in [-0.15, -0.1) is 20.4 Å². The van der Waals surface area contributed by atoms with Gasteiger partial charge in [-0.1, -0.05) is 83.3 Å². The van der Waals surface area contributed by atoms with Crippen molar-refractivity contribution in [1.29, 1.82) is 0 Å². The van der Waals surface area contributed by atoms with Crippen LogP contribution in [0, 0.1) is 0 Å². The molecule has 0 amide bonds. The molecule has 0 fully saturated rings. The van der Waals surface area contributed by atoms with E-state index in [-0.39, 0.29) is 11.1 Å². The van der Waals surface area contributed by atoms with E-state index >= 15 is 0 Å². The monoisotopic (exact) mass is 514 g/mol. The Bertz CT molecular complexity index is 1660. The number of benzene rings is 2. The van der Waals surface area contributed by atoms with Crippen molar-refractivity contribution in [3.63, 3.8) is 0 Å². The minimum Gasteiger partial charge on any atom is -0.265 e. The zero-order valence-corrected chi connectivity index (χ0v) is 20.4. The van der Waals surface area contributed by atoms with E-state index in [0.29, 0.717) is 47.0 Å². The fourth-order valence-electron chi connectivity index (χ4n) is 3.79. The molecule has 0 spiro atoms. The SMILES string of the molecule is O=c1c(Cc2ccccc2)nnc2sc(CCc3nn4c(=O)c(Cc5ccccc5)nnc4s3)nn12. The van der Waals surface area contributed by atoms with Gasteiger partial charge in [0.2, 0.25) is 9.92 Å². The van der Waals surface area contributed by atoms with Crippen molar-refractivity contribution in [1.82, 2.24) is 39.6 Å². The summed E-state index contributed by atoms with van der Waals surface area (Å²) in [5, 5.41) is 27.1. The Morgan fingerprint density at radius 3 is 1.42 bits per heavy atom. The summed E-state index contributed by atoms with van der Waals surface area (Å²) in [5.41, 5.74) is 2.15. The van der Waals surface area contributed by atoms with Gasteiger partial charge in [0.1, 0.15) is 21.4 Å². The number of aromatic nitrogens is 8. The lowest BCUT2D eigenvalue weighted by molar-refractivity contribution is 0.765. The quantitative estimate of drug-likeness (QED) is 0.318. The Hall–Kier alpha value is -4.16. The van der Waals surface area contributed by atoms with E-state index in [1.54, 1.807) is 0 Å². The molecule has 178 valence electrons. The van der Waals surface area contributed by atoms with Gasteiger partial charge in [-0.2, -0.15) is 19.2 Å². The fraction of sp³-hybridized carbons (Fsp3) is 0.167. The molecule has 0 aliphatic rings. The third-order valence-electron chi connectivity index (χ3n) is 5.58. The van der Waals surface area contributed by atoms with Crippen molar-refractivity contribution in [2.24, 2.45) is 0 Å². The number of hydrogen-bond acceptors (Lipinski definition) is 10. The van der Waals surface area contributed by atoms with Gasteiger partial charge < -0.3 is 0 Å². The molecule has 6 aromatic rings. The van der Waals surface area contributed by atoms with Gasteiger partial charge in [0.25, 0.3) is 11.1 Å². The van der Waals surface area contributed by atoms with Gasteiger partial charge in [-0.05, 0) is 11.1 Å². The second-order valence-electron chi connectivity index (χ2n) is 8.11. The van der Waals surface area contributed by atoms with Gasteiger partial charge in [-0.3, -0.25) is 9.59 Å². The summed E-state index contributed by atoms with van der Waals surface area (Å²) in [7, 11) is 0. The number of hydrogen-bond donors (Lipinski definition) is 0. The van der Waals surface area contributed by atoms with Gasteiger partial charge in [0.05, 0.1) is 0 Å². The molecule has 0 aliphatic carbocycles. The molecule has 0 bridgehead atoms. The molecular formula is C24H18N8O2S2. The maximum Gasteiger partial charge on any atom is 0.297 e. The van der Waals surface area contributed by atoms with Crippen molar-refractivity contribution in [2.45, 2.75) is 25.7 Å². The largest absolute Gasteiger partial charge is 0.297 e. The van der Waals surface area contributed by atoms with Crippen LogP contribution >= 0.6 is 22.7 Å². The molecule has 0 atom stereocenters. The molecular weight excluding hydrogens is 496 g/mol. The van der Waals surface area contributed by atoms with Crippen LogP contribution in [0.25, 0.3) is 9.92 Å². The van der Waals surface area contributed by atoms with Crippen LogP contribution in [0.2, 0.25) is 0 Å². The number of rotatable bonds is 7. The molecule has 0 unspecified atom stereocenters. The summed E-state index contributed by atoms with van der Waals surface area (Å²) in [6.07, 6.45) is 1.88. The third-order valence-corrected chi connectivity index (χ3v) is 7.49. The molecule has 4 heterocycles. The Morgan fingerprint density at radius 2 is 1.00 bits per heavy atom. The summed E-state index contributed by atoms with van der Waals surface area (Å²) in [4.78, 5) is 26.7. The van der Waals surface area contributed by atoms with E-state index in [1.807, 2.05) is 60.7 Å². The Kier molecular flexibility index (Phi) is 5.87. The number of aryl methyl sites for hydroxylation is 2. The zero-order valence-electron chi connectivity index (χ0n) is 18.8. The zero-order chi connectivity index (χ0) is 24.5. The molecule has 4 aromatic heterocycles. The van der Waals surface area contributed by atoms with E-state index in [1.165, 1.54) is 31.7 Å². The van der Waals surface area contributed by atoms with Gasteiger partial charge in [-0.25, -0.2) is 0 Å². The number of fused-ring (bicyclic) bond motifs is 2. The van der Waals surface area contributed by atoms with Gasteiger partial charge in [0.15, 0.2) is 0 Å². The average Bonchev–Trinajstić information content (AvgIpc) is 3.52. The van der Waals surface area contributed by atoms with E-state index < -0.39 is 0 Å². The first-order valence-electron chi connectivity index (χ1n) is 11.2. The van der Waals surface area contributed by atoms with Crippen LogP contribution in [-0.4, -0.2) is 39.6 Å². The second kappa shape index (κ2) is 9.47. The van der Waals surface area contributed by atoms with Crippen molar-refractivity contribution in [2.75, 3.05) is 0 Å². The van der Waals surface area contributed by atoms with Crippen molar-refractivity contribution in [3.05, 3.63) is 114 Å². The average molecular weight is 515 g/mol. The first-order chi connectivity index (χ1) is 17.6. The van der Waals surface area contributed by atoms with Crippen LogP contribution in [0.3, 0.4) is 0 Å². The highest BCUT2D eigenvalue weighted by Gasteiger charge is 2.15. The summed E-state index contributed by atoms with van der Waals surface area (Å²) in [6, 6.07) is 19.3. The highest BCUT2D eigenvalue weighted by atomic mass is 32.1. The standard InChI is InChI=1S/C24H18N8O2S2/c33-21-17(13-15-7-3-1-4-8-15)25-27-23-31(21)29-19(35-23)11-12-20-30-32-22(34)18(26-28-24(32)36-20)14-16-9-5-2-6-10-16/h1-10H,11-14H2. The number of nitrogens with zero attached hydrogens (tertiary/aromatic N) is 8. The van der Waals surface area contributed by atoms with Gasteiger partial charge >= 0.3 is 0 Å². The van der Waals surface area contributed by atoms with E-state index in [9.17, 15) is 9.59 Å². The van der Waals surface area contributed by atoms with Crippen LogP contribution in [0.4, 0.5) is 0 Å². The van der Waals surface area contributed by atoms with E-state index in [4.69, 9.17) is 0 Å². The Labute approximate surface area is 211 Å². The molecule has 0 N–H and O–H groups in total. The molecule has 12 heteroatoms. The smallest absolute Gasteiger partial charge is 0.265 e. The topological polar surface area (TPSA) is 120 Å². The van der Waals surface area contributed by atoms with Crippen molar-refractivity contribution in [3.8, 4) is 0 Å². The van der Waals surface area contributed by atoms with Gasteiger partial charge in [0, 0.05) is 25.7 Å². The predicted molar refractivity (Wildman–Crippen MR) is 136 cm³/mol. The van der Waals surface area contributed by atoms with Crippen LogP contribution in [-0.2, 0) is 25.7 Å². The Morgan fingerprint density at radius 1 is 0.583 bits per heavy atom. The van der Waals surface area contributed by atoms with Crippen molar-refractivity contribution < 1.29 is 0 Å². The fourth-order valence-corrected chi connectivity index (χ4v) is 5.45. The molecule has 0 saturated carbocycles. The highest BCUT2D eigenvalue weighted by Crippen LogP contribution is 2.17. The van der Waals surface area contributed by atoms with Crippen LogP contribution in [0.1, 0.15) is 32.5 Å². The minimum absolute atomic E-state index is 0.265. The normalized spacial score (nSPS) is 11.4. The molecule has 36 heavy (non-hydrogen) atoms. The van der Waals surface area contributed by atoms with Crippen LogP contribution < -0.4 is 11.1 Å². The summed E-state index contributed by atoms with van der Waals surface area (Å²) < 4.78 is 2.63. The van der Waals surface area contributed by atoms with E-state index in [0.717, 1.165) is 21.1 Å². The minimum atomic E-state index is -0.265. The summed E-state index contributed by atoms with van der Waals surface area (Å²) >= 11 is 2.64. The summed E-state index contributed by atoms with van der Waals surface area (Å²) in [5.74, 6) is 0. The van der Waals surface area contributed by atoms with Crippen LogP contribution in [0.15, 0.2) is 70.3 Å². The molecule has 6 rings (SSSR count). The molecule has 0 aliphatic heterocycles. The Balaban J connectivity index is 1.21. The molecule has 0 radical (unpaired) electrons. The first-order valence-corrected chi connectivity index (χ1v) is 12.8. The lowest BCUT2D eigenvalue weighted by Gasteiger charge is -1.99. The lowest BCUT2D eigenvalue weighted by atomic mass is 10.1. The predicted octanol–water partition coefficient (Wildman–Crippen LogP) is 2.37. The third kappa shape index (κ3) is 4.43. The van der Waals surface area contributed by atoms with Crippen molar-refractivity contribution >= 4 is 32.6 Å². The molecule has 10 nitrogen and oxygen atoms in total. The highest BCUT2D eigenvalue weighted by molar-refractivity contribution is 7.17. The lowest BCUT2D eigenvalue weighted by Crippen LogP contribution is -2.22. The first kappa shape index (κ1) is 22.3. The van der Waals surface area contributed by atoms with Crippen LogP contribution in [0.5, 0.6) is 0 Å². The maximum atomic E-state index is 12.9. The maximum absolute atomic E-state index is 12.9.